The Hall–Kier alpha value is -1.18. The molecule has 2 nitrogen and oxygen atoms in total. The van der Waals surface area contributed by atoms with Crippen molar-refractivity contribution in [1.29, 1.82) is 0 Å². The third-order valence-corrected chi connectivity index (χ3v) is 2.84. The van der Waals surface area contributed by atoms with Crippen LogP contribution in [0.25, 0.3) is 0 Å². The van der Waals surface area contributed by atoms with Crippen LogP contribution in [-0.2, 0) is 0 Å². The van der Waals surface area contributed by atoms with Gasteiger partial charge >= 0.3 is 0 Å². The van der Waals surface area contributed by atoms with Crippen molar-refractivity contribution in [2.75, 3.05) is 0 Å². The molecule has 1 rings (SSSR count). The third-order valence-electron chi connectivity index (χ3n) is 2.84. The van der Waals surface area contributed by atoms with Crippen LogP contribution in [0.2, 0.25) is 0 Å². The predicted molar refractivity (Wildman–Crippen MR) is 66.7 cm³/mol. The van der Waals surface area contributed by atoms with Crippen molar-refractivity contribution < 1.29 is 4.79 Å². The van der Waals surface area contributed by atoms with Gasteiger partial charge in [0.15, 0.2) is 5.78 Å². The number of carbonyl (C=O) groups is 1. The van der Waals surface area contributed by atoms with Gasteiger partial charge in [0.25, 0.3) is 0 Å². The fourth-order valence-corrected chi connectivity index (χ4v) is 2.00. The van der Waals surface area contributed by atoms with E-state index in [1.54, 1.807) is 0 Å². The van der Waals surface area contributed by atoms with Crippen LogP contribution in [0, 0.1) is 19.8 Å². The molecule has 1 aromatic heterocycles. The van der Waals surface area contributed by atoms with Gasteiger partial charge in [-0.1, -0.05) is 26.7 Å². The molecule has 16 heavy (non-hydrogen) atoms. The highest BCUT2D eigenvalue weighted by Gasteiger charge is 2.13. The lowest BCUT2D eigenvalue weighted by molar-refractivity contribution is 0.0961. The molecule has 0 bridgehead atoms. The molecule has 0 saturated heterocycles. The Labute approximate surface area is 98.1 Å². The van der Waals surface area contributed by atoms with Gasteiger partial charge in [0.05, 0.1) is 0 Å². The summed E-state index contributed by atoms with van der Waals surface area (Å²) in [5, 5.41) is 0. The Kier molecular flexibility index (Phi) is 4.66. The number of ketones is 1. The van der Waals surface area contributed by atoms with Crippen molar-refractivity contribution in [2.45, 2.75) is 47.0 Å². The highest BCUT2D eigenvalue weighted by molar-refractivity contribution is 5.97. The molecule has 0 amide bonds. The monoisotopic (exact) mass is 219 g/mol. The van der Waals surface area contributed by atoms with Gasteiger partial charge in [0.2, 0.25) is 0 Å². The molecule has 0 saturated carbocycles. The molecule has 0 aliphatic rings. The highest BCUT2D eigenvalue weighted by Crippen LogP contribution is 2.16. The van der Waals surface area contributed by atoms with Gasteiger partial charge in [0, 0.05) is 23.4 Å². The first kappa shape index (κ1) is 12.9. The fraction of sp³-hybridized carbons (Fsp3) is 0.571. The quantitative estimate of drug-likeness (QED) is 0.707. The van der Waals surface area contributed by atoms with Gasteiger partial charge in [-0.2, -0.15) is 0 Å². The maximum Gasteiger partial charge on any atom is 0.164 e. The van der Waals surface area contributed by atoms with E-state index < -0.39 is 0 Å². The number of aryl methyl sites for hydroxylation is 2. The minimum absolute atomic E-state index is 0.228. The van der Waals surface area contributed by atoms with E-state index >= 15 is 0 Å². The van der Waals surface area contributed by atoms with Crippen LogP contribution < -0.4 is 0 Å². The molecule has 0 N–H and O–H groups in total. The second-order valence-electron chi connectivity index (χ2n) is 4.61. The van der Waals surface area contributed by atoms with Crippen LogP contribution in [0.15, 0.2) is 12.1 Å². The maximum atomic E-state index is 12.0. The van der Waals surface area contributed by atoms with Crippen LogP contribution in [0.4, 0.5) is 0 Å². The number of hydrogen-bond acceptors (Lipinski definition) is 2. The lowest BCUT2D eigenvalue weighted by atomic mass is 9.95. The summed E-state index contributed by atoms with van der Waals surface area (Å²) in [5.41, 5.74) is 2.61. The SMILES string of the molecule is CCCC(C)CC(=O)c1ccc(C)nc1C. The molecule has 1 aromatic rings. The number of Topliss-reactive ketones (excluding diaryl/α,β-unsaturated/α-hetero) is 1. The molecule has 0 aromatic carbocycles. The summed E-state index contributed by atoms with van der Waals surface area (Å²) in [5.74, 6) is 0.698. The minimum atomic E-state index is 0.228. The van der Waals surface area contributed by atoms with Crippen LogP contribution in [-0.4, -0.2) is 10.8 Å². The molecule has 2 heteroatoms. The Balaban J connectivity index is 2.73. The fourth-order valence-electron chi connectivity index (χ4n) is 2.00. The van der Waals surface area contributed by atoms with E-state index in [1.807, 2.05) is 26.0 Å². The van der Waals surface area contributed by atoms with Crippen LogP contribution in [0.3, 0.4) is 0 Å². The summed E-state index contributed by atoms with van der Waals surface area (Å²) in [4.78, 5) is 16.3. The van der Waals surface area contributed by atoms with E-state index in [1.165, 1.54) is 0 Å². The molecular formula is C14H21NO. The maximum absolute atomic E-state index is 12.0. The van der Waals surface area contributed by atoms with E-state index in [9.17, 15) is 4.79 Å². The second-order valence-corrected chi connectivity index (χ2v) is 4.61. The zero-order chi connectivity index (χ0) is 12.1. The standard InChI is InChI=1S/C14H21NO/c1-5-6-10(2)9-14(16)13-8-7-11(3)15-12(13)4/h7-8,10H,5-6,9H2,1-4H3. The Morgan fingerprint density at radius 2 is 2.06 bits per heavy atom. The highest BCUT2D eigenvalue weighted by atomic mass is 16.1. The van der Waals surface area contributed by atoms with E-state index in [0.29, 0.717) is 12.3 Å². The average Bonchev–Trinajstić information content (AvgIpc) is 2.17. The lowest BCUT2D eigenvalue weighted by Gasteiger charge is -2.10. The Bertz CT molecular complexity index is 371. The van der Waals surface area contributed by atoms with E-state index in [4.69, 9.17) is 0 Å². The molecule has 0 aliphatic carbocycles. The lowest BCUT2D eigenvalue weighted by Crippen LogP contribution is -2.08. The van der Waals surface area contributed by atoms with Gasteiger partial charge in [-0.25, -0.2) is 0 Å². The largest absolute Gasteiger partial charge is 0.294 e. The summed E-state index contributed by atoms with van der Waals surface area (Å²) in [6.45, 7) is 8.14. The molecule has 0 aliphatic heterocycles. The van der Waals surface area contributed by atoms with Gasteiger partial charge in [-0.15, -0.1) is 0 Å². The average molecular weight is 219 g/mol. The molecule has 1 unspecified atom stereocenters. The van der Waals surface area contributed by atoms with Crippen molar-refractivity contribution in [3.63, 3.8) is 0 Å². The summed E-state index contributed by atoms with van der Waals surface area (Å²) in [6, 6.07) is 3.81. The van der Waals surface area contributed by atoms with Crippen LogP contribution >= 0.6 is 0 Å². The van der Waals surface area contributed by atoms with Gasteiger partial charge in [0.1, 0.15) is 0 Å². The molecule has 1 heterocycles. The predicted octanol–water partition coefficient (Wildman–Crippen LogP) is 3.71. The van der Waals surface area contributed by atoms with Crippen molar-refractivity contribution >= 4 is 5.78 Å². The number of aromatic nitrogens is 1. The summed E-state index contributed by atoms with van der Waals surface area (Å²) in [6.07, 6.45) is 2.89. The molecule has 0 radical (unpaired) electrons. The number of rotatable bonds is 5. The summed E-state index contributed by atoms with van der Waals surface area (Å²) in [7, 11) is 0. The number of nitrogens with zero attached hydrogens (tertiary/aromatic N) is 1. The van der Waals surface area contributed by atoms with Crippen LogP contribution in [0.5, 0.6) is 0 Å². The number of hydrogen-bond donors (Lipinski definition) is 0. The molecule has 88 valence electrons. The smallest absolute Gasteiger partial charge is 0.164 e. The number of carbonyl (C=O) groups excluding carboxylic acids is 1. The molecule has 0 spiro atoms. The summed E-state index contributed by atoms with van der Waals surface area (Å²) < 4.78 is 0. The van der Waals surface area contributed by atoms with E-state index in [-0.39, 0.29) is 5.78 Å². The van der Waals surface area contributed by atoms with Gasteiger partial charge in [-0.3, -0.25) is 9.78 Å². The van der Waals surface area contributed by atoms with E-state index in [0.717, 1.165) is 29.8 Å². The Morgan fingerprint density at radius 3 is 2.62 bits per heavy atom. The van der Waals surface area contributed by atoms with Crippen molar-refractivity contribution in [2.24, 2.45) is 5.92 Å². The Morgan fingerprint density at radius 1 is 1.38 bits per heavy atom. The summed E-state index contributed by atoms with van der Waals surface area (Å²) >= 11 is 0. The number of pyridine rings is 1. The van der Waals surface area contributed by atoms with Crippen molar-refractivity contribution in [3.8, 4) is 0 Å². The first-order chi connectivity index (χ1) is 7.54. The topological polar surface area (TPSA) is 30.0 Å². The first-order valence-corrected chi connectivity index (χ1v) is 6.02. The van der Waals surface area contributed by atoms with Crippen molar-refractivity contribution in [1.82, 2.24) is 4.98 Å². The normalized spacial score (nSPS) is 12.5. The van der Waals surface area contributed by atoms with Crippen LogP contribution in [0.1, 0.15) is 54.9 Å². The second kappa shape index (κ2) is 5.78. The molecule has 1 atom stereocenters. The van der Waals surface area contributed by atoms with E-state index in [2.05, 4.69) is 18.8 Å². The van der Waals surface area contributed by atoms with Gasteiger partial charge in [-0.05, 0) is 31.9 Å². The first-order valence-electron chi connectivity index (χ1n) is 6.02. The van der Waals surface area contributed by atoms with Crippen molar-refractivity contribution in [3.05, 3.63) is 29.1 Å². The zero-order valence-electron chi connectivity index (χ0n) is 10.7. The molecule has 0 fully saturated rings. The minimum Gasteiger partial charge on any atom is -0.294 e. The molecular weight excluding hydrogens is 198 g/mol. The van der Waals surface area contributed by atoms with Gasteiger partial charge < -0.3 is 0 Å². The third kappa shape index (κ3) is 3.44. The zero-order valence-corrected chi connectivity index (χ0v) is 10.7.